The summed E-state index contributed by atoms with van der Waals surface area (Å²) in [6.07, 6.45) is 1.61. The second-order valence-corrected chi connectivity index (χ2v) is 2.63. The predicted molar refractivity (Wildman–Crippen MR) is 48.1 cm³/mol. The minimum Gasteiger partial charge on any atom is -0.311 e. The lowest BCUT2D eigenvalue weighted by Crippen LogP contribution is -2.07. The molecule has 0 saturated heterocycles. The van der Waals surface area contributed by atoms with E-state index in [-0.39, 0.29) is 5.91 Å². The van der Waals surface area contributed by atoms with Crippen LogP contribution in [0.5, 0.6) is 0 Å². The summed E-state index contributed by atoms with van der Waals surface area (Å²) in [5.41, 5.74) is 0.940. The third-order valence-corrected chi connectivity index (χ3v) is 1.59. The Labute approximate surface area is 75.8 Å². The summed E-state index contributed by atoms with van der Waals surface area (Å²) < 4.78 is 0. The van der Waals surface area contributed by atoms with Crippen molar-refractivity contribution in [3.05, 3.63) is 23.9 Å². The van der Waals surface area contributed by atoms with E-state index in [1.807, 2.05) is 0 Å². The Morgan fingerprint density at radius 1 is 1.75 bits per heavy atom. The highest BCUT2D eigenvalue weighted by atomic mass is 35.5. The number of nitrogens with zero attached hydrogens (tertiary/aromatic N) is 1. The summed E-state index contributed by atoms with van der Waals surface area (Å²) in [6, 6.07) is 3.55. The van der Waals surface area contributed by atoms with Crippen molar-refractivity contribution in [2.75, 3.05) is 5.32 Å². The first-order valence-corrected chi connectivity index (χ1v) is 4.04. The second kappa shape index (κ2) is 4.07. The fraction of sp³-hybridized carbons (Fsp3) is 0.250. The molecule has 64 valence electrons. The molecule has 0 aliphatic carbocycles. The maximum atomic E-state index is 10.6. The first-order chi connectivity index (χ1) is 5.72. The molecule has 1 aromatic rings. The maximum absolute atomic E-state index is 10.6. The summed E-state index contributed by atoms with van der Waals surface area (Å²) in [4.78, 5) is 14.6. The van der Waals surface area contributed by atoms with Crippen LogP contribution in [0, 0.1) is 0 Å². The molecular formula is C8H9ClN2O. The van der Waals surface area contributed by atoms with Crippen LogP contribution in [-0.2, 0) is 10.7 Å². The highest BCUT2D eigenvalue weighted by Gasteiger charge is 1.97. The van der Waals surface area contributed by atoms with Gasteiger partial charge in [0.2, 0.25) is 5.91 Å². The number of carbonyl (C=O) groups excluding carboxylic acids is 1. The Hall–Kier alpha value is -1.09. The van der Waals surface area contributed by atoms with Crippen LogP contribution in [0.25, 0.3) is 0 Å². The van der Waals surface area contributed by atoms with Crippen LogP contribution >= 0.6 is 11.6 Å². The van der Waals surface area contributed by atoms with Gasteiger partial charge in [0.25, 0.3) is 0 Å². The van der Waals surface area contributed by atoms with Crippen LogP contribution in [-0.4, -0.2) is 10.9 Å². The number of halogens is 1. The molecule has 0 saturated carbocycles. The number of hydrogen-bond acceptors (Lipinski definition) is 2. The number of anilines is 1. The smallest absolute Gasteiger partial charge is 0.222 e. The normalized spacial score (nSPS) is 9.50. The zero-order valence-corrected chi connectivity index (χ0v) is 7.43. The van der Waals surface area contributed by atoms with Crippen molar-refractivity contribution in [2.45, 2.75) is 12.8 Å². The van der Waals surface area contributed by atoms with Crippen LogP contribution in [0.15, 0.2) is 18.3 Å². The number of pyridine rings is 1. The lowest BCUT2D eigenvalue weighted by atomic mass is 10.3. The van der Waals surface area contributed by atoms with Gasteiger partial charge in [0.05, 0.1) is 0 Å². The molecule has 4 heteroatoms. The number of alkyl halides is 1. The second-order valence-electron chi connectivity index (χ2n) is 2.36. The van der Waals surface area contributed by atoms with E-state index in [2.05, 4.69) is 10.3 Å². The Kier molecular flexibility index (Phi) is 3.05. The molecule has 0 aliphatic heterocycles. The maximum Gasteiger partial charge on any atom is 0.222 e. The Balaban J connectivity index is 2.79. The van der Waals surface area contributed by atoms with Crippen molar-refractivity contribution in [1.82, 2.24) is 4.98 Å². The summed E-state index contributed by atoms with van der Waals surface area (Å²) in [5, 5.41) is 2.57. The Bertz CT molecular complexity index is 288. The van der Waals surface area contributed by atoms with Gasteiger partial charge in [-0.3, -0.25) is 4.79 Å². The molecule has 1 aromatic heterocycles. The van der Waals surface area contributed by atoms with Crippen molar-refractivity contribution in [2.24, 2.45) is 0 Å². The fourth-order valence-electron chi connectivity index (χ4n) is 0.806. The molecule has 1 amide bonds. The van der Waals surface area contributed by atoms with Gasteiger partial charge in [0, 0.05) is 19.0 Å². The Morgan fingerprint density at radius 2 is 2.50 bits per heavy atom. The third kappa shape index (κ3) is 2.51. The number of carbonyl (C=O) groups is 1. The van der Waals surface area contributed by atoms with E-state index in [0.29, 0.717) is 11.7 Å². The SMILES string of the molecule is CC(=O)Nc1cc(CCl)ccn1. The molecule has 1 rings (SSSR count). The zero-order valence-electron chi connectivity index (χ0n) is 6.67. The number of nitrogens with one attached hydrogen (secondary N) is 1. The lowest BCUT2D eigenvalue weighted by Gasteiger charge is -2.01. The van der Waals surface area contributed by atoms with E-state index in [1.165, 1.54) is 6.92 Å². The van der Waals surface area contributed by atoms with Gasteiger partial charge in [-0.2, -0.15) is 0 Å². The molecule has 12 heavy (non-hydrogen) atoms. The Morgan fingerprint density at radius 3 is 3.08 bits per heavy atom. The number of aromatic nitrogens is 1. The van der Waals surface area contributed by atoms with Crippen LogP contribution in [0.3, 0.4) is 0 Å². The molecule has 0 radical (unpaired) electrons. The molecular weight excluding hydrogens is 176 g/mol. The van der Waals surface area contributed by atoms with E-state index in [0.717, 1.165) is 5.56 Å². The van der Waals surface area contributed by atoms with Gasteiger partial charge in [0.15, 0.2) is 0 Å². The monoisotopic (exact) mass is 184 g/mol. The summed E-state index contributed by atoms with van der Waals surface area (Å²) in [6.45, 7) is 1.44. The van der Waals surface area contributed by atoms with Crippen molar-refractivity contribution >= 4 is 23.3 Å². The van der Waals surface area contributed by atoms with Gasteiger partial charge in [-0.15, -0.1) is 11.6 Å². The zero-order chi connectivity index (χ0) is 8.97. The highest BCUT2D eigenvalue weighted by Crippen LogP contribution is 2.08. The van der Waals surface area contributed by atoms with Crippen molar-refractivity contribution in [3.8, 4) is 0 Å². The fourth-order valence-corrected chi connectivity index (χ4v) is 0.972. The van der Waals surface area contributed by atoms with Crippen molar-refractivity contribution in [3.63, 3.8) is 0 Å². The molecule has 1 N–H and O–H groups in total. The van der Waals surface area contributed by atoms with E-state index in [9.17, 15) is 4.79 Å². The predicted octanol–water partition coefficient (Wildman–Crippen LogP) is 1.78. The number of amides is 1. The topological polar surface area (TPSA) is 42.0 Å². The molecule has 3 nitrogen and oxygen atoms in total. The minimum atomic E-state index is -0.130. The molecule has 0 aliphatic rings. The van der Waals surface area contributed by atoms with Gasteiger partial charge in [-0.1, -0.05) is 0 Å². The summed E-state index contributed by atoms with van der Waals surface area (Å²) in [5.74, 6) is 0.838. The number of hydrogen-bond donors (Lipinski definition) is 1. The van der Waals surface area contributed by atoms with Crippen LogP contribution in [0.2, 0.25) is 0 Å². The quantitative estimate of drug-likeness (QED) is 0.712. The van der Waals surface area contributed by atoms with Crippen molar-refractivity contribution in [1.29, 1.82) is 0 Å². The van der Waals surface area contributed by atoms with E-state index < -0.39 is 0 Å². The molecule has 0 bridgehead atoms. The van der Waals surface area contributed by atoms with Gasteiger partial charge >= 0.3 is 0 Å². The van der Waals surface area contributed by atoms with Crippen molar-refractivity contribution < 1.29 is 4.79 Å². The average molecular weight is 185 g/mol. The molecule has 0 unspecified atom stereocenters. The largest absolute Gasteiger partial charge is 0.311 e. The van der Waals surface area contributed by atoms with Gasteiger partial charge in [0.1, 0.15) is 5.82 Å². The first-order valence-electron chi connectivity index (χ1n) is 3.51. The highest BCUT2D eigenvalue weighted by molar-refractivity contribution is 6.17. The lowest BCUT2D eigenvalue weighted by molar-refractivity contribution is -0.114. The molecule has 1 heterocycles. The average Bonchev–Trinajstić information content (AvgIpc) is 2.03. The van der Waals surface area contributed by atoms with Crippen LogP contribution in [0.1, 0.15) is 12.5 Å². The van der Waals surface area contributed by atoms with Gasteiger partial charge in [-0.25, -0.2) is 4.98 Å². The molecule has 0 aromatic carbocycles. The molecule has 0 atom stereocenters. The number of rotatable bonds is 2. The van der Waals surface area contributed by atoms with Crippen LogP contribution in [0.4, 0.5) is 5.82 Å². The summed E-state index contributed by atoms with van der Waals surface area (Å²) in [7, 11) is 0. The van der Waals surface area contributed by atoms with Crippen LogP contribution < -0.4 is 5.32 Å². The van der Waals surface area contributed by atoms with E-state index in [1.54, 1.807) is 18.3 Å². The molecule has 0 spiro atoms. The standard InChI is InChI=1S/C8H9ClN2O/c1-6(12)11-8-4-7(5-9)2-3-10-8/h2-4H,5H2,1H3,(H,10,11,12). The minimum absolute atomic E-state index is 0.130. The van der Waals surface area contributed by atoms with Gasteiger partial charge < -0.3 is 5.32 Å². The van der Waals surface area contributed by atoms with Gasteiger partial charge in [-0.05, 0) is 17.7 Å². The molecule has 0 fully saturated rings. The van der Waals surface area contributed by atoms with E-state index in [4.69, 9.17) is 11.6 Å². The van der Waals surface area contributed by atoms with E-state index >= 15 is 0 Å². The first kappa shape index (κ1) is 9.00. The third-order valence-electron chi connectivity index (χ3n) is 1.28. The summed E-state index contributed by atoms with van der Waals surface area (Å²) >= 11 is 5.59.